The fourth-order valence-corrected chi connectivity index (χ4v) is 5.42. The maximum absolute atomic E-state index is 14.0. The molecule has 4 atom stereocenters. The molecule has 7 nitrogen and oxygen atoms in total. The van der Waals surface area contributed by atoms with Crippen LogP contribution in [-0.2, 0) is 17.8 Å². The third-order valence-electron chi connectivity index (χ3n) is 7.44. The van der Waals surface area contributed by atoms with Gasteiger partial charge in [0.25, 0.3) is 0 Å². The first-order valence-corrected chi connectivity index (χ1v) is 12.6. The van der Waals surface area contributed by atoms with Gasteiger partial charge in [0.2, 0.25) is 11.9 Å². The topological polar surface area (TPSA) is 74.2 Å². The zero-order valence-electron chi connectivity index (χ0n) is 20.8. The Labute approximate surface area is 207 Å². The minimum atomic E-state index is -0.0136. The van der Waals surface area contributed by atoms with E-state index in [1.807, 2.05) is 42.3 Å². The van der Waals surface area contributed by atoms with Crippen LogP contribution in [0.1, 0.15) is 54.7 Å². The van der Waals surface area contributed by atoms with Gasteiger partial charge >= 0.3 is 0 Å². The summed E-state index contributed by atoms with van der Waals surface area (Å²) in [4.78, 5) is 32.1. The maximum atomic E-state index is 14.0. The molecule has 1 amide bonds. The van der Waals surface area contributed by atoms with Crippen LogP contribution in [0.5, 0.6) is 0 Å². The third-order valence-corrected chi connectivity index (χ3v) is 7.44. The van der Waals surface area contributed by atoms with E-state index in [0.29, 0.717) is 12.5 Å². The van der Waals surface area contributed by atoms with Crippen molar-refractivity contribution in [1.29, 1.82) is 0 Å². The van der Waals surface area contributed by atoms with Gasteiger partial charge in [0.15, 0.2) is 0 Å². The van der Waals surface area contributed by atoms with Gasteiger partial charge in [-0.2, -0.15) is 0 Å². The summed E-state index contributed by atoms with van der Waals surface area (Å²) in [5, 5.41) is 3.37. The Bertz CT molecular complexity index is 1150. The average Bonchev–Trinajstić information content (AvgIpc) is 2.89. The highest BCUT2D eigenvalue weighted by molar-refractivity contribution is 5.80. The van der Waals surface area contributed by atoms with E-state index in [9.17, 15) is 4.79 Å². The van der Waals surface area contributed by atoms with Crippen LogP contribution in [0.3, 0.4) is 0 Å². The van der Waals surface area contributed by atoms with Crippen LogP contribution >= 0.6 is 0 Å². The van der Waals surface area contributed by atoms with Gasteiger partial charge in [0, 0.05) is 36.8 Å². The molecule has 2 aliphatic rings. The number of pyridine rings is 1. The van der Waals surface area contributed by atoms with Crippen molar-refractivity contribution < 1.29 is 4.79 Å². The average molecular weight is 471 g/mol. The van der Waals surface area contributed by atoms with Gasteiger partial charge in [0.1, 0.15) is 0 Å². The molecule has 2 aliphatic heterocycles. The van der Waals surface area contributed by atoms with E-state index in [0.717, 1.165) is 42.9 Å². The fourth-order valence-electron chi connectivity index (χ4n) is 5.42. The number of anilines is 1. The fraction of sp³-hybridized carbons (Fsp3) is 0.429. The number of amides is 1. The molecule has 0 unspecified atom stereocenters. The van der Waals surface area contributed by atoms with E-state index >= 15 is 0 Å². The van der Waals surface area contributed by atoms with Crippen LogP contribution < -0.4 is 5.32 Å². The quantitative estimate of drug-likeness (QED) is 0.606. The number of rotatable bonds is 5. The molecule has 1 saturated heterocycles. The van der Waals surface area contributed by atoms with Crippen molar-refractivity contribution in [2.75, 3.05) is 25.5 Å². The number of aromatic nitrogens is 3. The summed E-state index contributed by atoms with van der Waals surface area (Å²) in [6, 6.07) is 16.5. The number of carbonyl (C=O) groups excluding carboxylic acids is 1. The molecule has 2 aromatic heterocycles. The van der Waals surface area contributed by atoms with Crippen molar-refractivity contribution >= 4 is 11.9 Å². The van der Waals surface area contributed by atoms with Crippen molar-refractivity contribution in [3.05, 3.63) is 83.4 Å². The second-order valence-corrected chi connectivity index (χ2v) is 9.98. The Balaban J connectivity index is 1.35. The molecule has 1 N–H and O–H groups in total. The van der Waals surface area contributed by atoms with Crippen LogP contribution in [0.15, 0.2) is 60.9 Å². The lowest BCUT2D eigenvalue weighted by Crippen LogP contribution is -2.50. The second kappa shape index (κ2) is 10.1. The number of benzene rings is 1. The summed E-state index contributed by atoms with van der Waals surface area (Å²) in [6.45, 7) is 6.56. The number of hydrogen-bond donors (Lipinski definition) is 1. The zero-order chi connectivity index (χ0) is 24.4. The molecule has 0 spiro atoms. The van der Waals surface area contributed by atoms with Gasteiger partial charge in [-0.3, -0.25) is 9.78 Å². The van der Waals surface area contributed by atoms with Crippen molar-refractivity contribution in [2.45, 2.75) is 51.2 Å². The monoisotopic (exact) mass is 470 g/mol. The van der Waals surface area contributed by atoms with Crippen LogP contribution in [0.4, 0.5) is 5.95 Å². The van der Waals surface area contributed by atoms with E-state index < -0.39 is 0 Å². The van der Waals surface area contributed by atoms with Crippen molar-refractivity contribution in [3.8, 4) is 0 Å². The van der Waals surface area contributed by atoms with Crippen molar-refractivity contribution in [3.63, 3.8) is 0 Å². The molecule has 5 rings (SSSR count). The molecule has 182 valence electrons. The van der Waals surface area contributed by atoms with E-state index in [1.165, 1.54) is 5.56 Å². The van der Waals surface area contributed by atoms with Crippen LogP contribution in [0, 0.1) is 5.92 Å². The van der Waals surface area contributed by atoms with Crippen LogP contribution in [-0.4, -0.2) is 56.8 Å². The standard InChI is InChI=1S/C28H34N6O/c1-19-15-22-16-30-28(31-20(2)25-11-7-8-13-29-25)32-26(22)18-34(19)27(35)23-12-14-33(3)17-24(23)21-9-5-4-6-10-21/h4-11,13,16,19-20,23-24H,12,14-15,17-18H2,1-3H3,(H,30,31,32)/t19-,20-,23+,24-/m1/s1. The Morgan fingerprint density at radius 2 is 1.91 bits per heavy atom. The molecule has 3 aromatic rings. The van der Waals surface area contributed by atoms with Crippen molar-refractivity contribution in [2.24, 2.45) is 5.92 Å². The summed E-state index contributed by atoms with van der Waals surface area (Å²) in [7, 11) is 2.15. The lowest BCUT2D eigenvalue weighted by molar-refractivity contribution is -0.141. The molecule has 0 bridgehead atoms. The normalized spacial score (nSPS) is 23.4. The molecule has 35 heavy (non-hydrogen) atoms. The largest absolute Gasteiger partial charge is 0.346 e. The highest BCUT2D eigenvalue weighted by Crippen LogP contribution is 2.35. The highest BCUT2D eigenvalue weighted by Gasteiger charge is 2.39. The van der Waals surface area contributed by atoms with Crippen LogP contribution in [0.2, 0.25) is 0 Å². The lowest BCUT2D eigenvalue weighted by Gasteiger charge is -2.42. The van der Waals surface area contributed by atoms with Crippen LogP contribution in [0.25, 0.3) is 0 Å². The molecular formula is C28H34N6O. The number of likely N-dealkylation sites (N-methyl/N-ethyl adjacent to an activating group) is 1. The zero-order valence-corrected chi connectivity index (χ0v) is 20.8. The molecular weight excluding hydrogens is 436 g/mol. The molecule has 4 heterocycles. The minimum absolute atomic E-state index is 0.0128. The molecule has 1 aromatic carbocycles. The predicted octanol–water partition coefficient (Wildman–Crippen LogP) is 4.05. The molecule has 0 saturated carbocycles. The van der Waals surface area contributed by atoms with E-state index in [1.54, 1.807) is 6.20 Å². The van der Waals surface area contributed by atoms with Gasteiger partial charge < -0.3 is 15.1 Å². The number of fused-ring (bicyclic) bond motifs is 1. The summed E-state index contributed by atoms with van der Waals surface area (Å²) in [5.41, 5.74) is 4.25. The van der Waals surface area contributed by atoms with Gasteiger partial charge in [-0.15, -0.1) is 0 Å². The molecule has 0 aliphatic carbocycles. The van der Waals surface area contributed by atoms with Crippen molar-refractivity contribution in [1.82, 2.24) is 24.8 Å². The smallest absolute Gasteiger partial charge is 0.227 e. The molecule has 0 radical (unpaired) electrons. The molecule has 7 heteroatoms. The van der Waals surface area contributed by atoms with E-state index in [-0.39, 0.29) is 29.8 Å². The van der Waals surface area contributed by atoms with E-state index in [4.69, 9.17) is 4.98 Å². The first-order valence-electron chi connectivity index (χ1n) is 12.6. The number of nitrogens with zero attached hydrogens (tertiary/aromatic N) is 5. The minimum Gasteiger partial charge on any atom is -0.346 e. The molecule has 1 fully saturated rings. The first kappa shape index (κ1) is 23.4. The number of piperidine rings is 1. The Morgan fingerprint density at radius 3 is 2.69 bits per heavy atom. The summed E-state index contributed by atoms with van der Waals surface area (Å²) in [5.74, 6) is 1.02. The lowest BCUT2D eigenvalue weighted by atomic mass is 9.79. The van der Waals surface area contributed by atoms with Gasteiger partial charge in [-0.25, -0.2) is 9.97 Å². The third kappa shape index (κ3) is 5.05. The Kier molecular flexibility index (Phi) is 6.77. The van der Waals surface area contributed by atoms with E-state index in [2.05, 4.69) is 58.4 Å². The number of nitrogens with one attached hydrogen (secondary N) is 1. The Morgan fingerprint density at radius 1 is 1.11 bits per heavy atom. The predicted molar refractivity (Wildman–Crippen MR) is 137 cm³/mol. The second-order valence-electron chi connectivity index (χ2n) is 9.98. The number of carbonyl (C=O) groups is 1. The summed E-state index contributed by atoms with van der Waals surface area (Å²) < 4.78 is 0. The Hall–Kier alpha value is -3.32. The number of likely N-dealkylation sites (tertiary alicyclic amines) is 1. The van der Waals surface area contributed by atoms with Gasteiger partial charge in [-0.1, -0.05) is 36.4 Å². The highest BCUT2D eigenvalue weighted by atomic mass is 16.2. The van der Waals surface area contributed by atoms with Gasteiger partial charge in [-0.05, 0) is 63.5 Å². The number of hydrogen-bond acceptors (Lipinski definition) is 6. The maximum Gasteiger partial charge on any atom is 0.227 e. The summed E-state index contributed by atoms with van der Waals surface area (Å²) in [6.07, 6.45) is 5.36. The summed E-state index contributed by atoms with van der Waals surface area (Å²) >= 11 is 0. The SMILES string of the molecule is C[C@@H]1Cc2cnc(N[C@H](C)c3ccccn3)nc2CN1C(=O)[C@H]1CCN(C)C[C@@H]1c1ccccc1. The van der Waals surface area contributed by atoms with Gasteiger partial charge in [0.05, 0.1) is 24.0 Å². The first-order chi connectivity index (χ1) is 17.0.